The van der Waals surface area contributed by atoms with Crippen LogP contribution >= 0.6 is 11.8 Å². The monoisotopic (exact) mass is 507 g/mol. The molecule has 0 aliphatic carbocycles. The molecule has 0 saturated carbocycles. The van der Waals surface area contributed by atoms with Gasteiger partial charge in [0.15, 0.2) is 0 Å². The molecular weight excluding hydrogens is 462 g/mol. The number of benzene rings is 1. The van der Waals surface area contributed by atoms with Gasteiger partial charge >= 0.3 is 6.09 Å². The molecule has 0 fully saturated rings. The average molecular weight is 508 g/mol. The fraction of sp³-hybridized carbons (Fsp3) is 0.667. The van der Waals surface area contributed by atoms with Crippen molar-refractivity contribution >= 4 is 29.7 Å². The van der Waals surface area contributed by atoms with Gasteiger partial charge in [-0.25, -0.2) is 4.79 Å². The third kappa shape index (κ3) is 9.39. The summed E-state index contributed by atoms with van der Waals surface area (Å²) in [6.07, 6.45) is 1.71. The van der Waals surface area contributed by atoms with Crippen LogP contribution < -0.4 is 10.6 Å². The number of ether oxygens (including phenoxy) is 1. The van der Waals surface area contributed by atoms with Crippen molar-refractivity contribution in [3.63, 3.8) is 0 Å². The Morgan fingerprint density at radius 2 is 1.63 bits per heavy atom. The summed E-state index contributed by atoms with van der Waals surface area (Å²) in [6.45, 7) is 18.8. The largest absolute Gasteiger partial charge is 0.444 e. The number of carbonyl (C=O) groups excluding carboxylic acids is 3. The van der Waals surface area contributed by atoms with Crippen LogP contribution in [0.5, 0.6) is 0 Å². The highest BCUT2D eigenvalue weighted by molar-refractivity contribution is 7.98. The minimum absolute atomic E-state index is 0.0980. The van der Waals surface area contributed by atoms with Gasteiger partial charge in [0, 0.05) is 11.6 Å². The van der Waals surface area contributed by atoms with E-state index in [9.17, 15) is 14.4 Å². The number of hydrogen-bond donors (Lipinski definition) is 2. The van der Waals surface area contributed by atoms with Crippen LogP contribution in [0.25, 0.3) is 0 Å². The van der Waals surface area contributed by atoms with E-state index in [0.717, 1.165) is 16.7 Å². The number of hydrogen-bond acceptors (Lipinski definition) is 5. The number of nitrogens with zero attached hydrogens (tertiary/aromatic N) is 1. The van der Waals surface area contributed by atoms with Crippen LogP contribution in [-0.2, 0) is 14.3 Å². The van der Waals surface area contributed by atoms with Gasteiger partial charge in [0.2, 0.25) is 11.8 Å². The minimum atomic E-state index is -0.859. The smallest absolute Gasteiger partial charge is 0.408 e. The molecular formula is C27H45N3O4S. The van der Waals surface area contributed by atoms with Gasteiger partial charge in [0.25, 0.3) is 0 Å². The number of nitrogens with one attached hydrogen (secondary N) is 2. The second-order valence-corrected chi connectivity index (χ2v) is 12.2. The fourth-order valence-corrected chi connectivity index (χ4v) is 4.26. The molecule has 198 valence electrons. The normalized spacial score (nSPS) is 13.7. The van der Waals surface area contributed by atoms with Crippen molar-refractivity contribution in [2.45, 2.75) is 105 Å². The highest BCUT2D eigenvalue weighted by Crippen LogP contribution is 2.33. The molecule has 0 aromatic heterocycles. The van der Waals surface area contributed by atoms with Gasteiger partial charge in [-0.15, -0.1) is 0 Å². The van der Waals surface area contributed by atoms with E-state index in [0.29, 0.717) is 12.2 Å². The zero-order valence-electron chi connectivity index (χ0n) is 23.4. The summed E-state index contributed by atoms with van der Waals surface area (Å²) in [5.74, 6) is 0.0938. The van der Waals surface area contributed by atoms with E-state index in [-0.39, 0.29) is 17.9 Å². The Balaban J connectivity index is 3.61. The second kappa shape index (κ2) is 12.7. The van der Waals surface area contributed by atoms with E-state index in [1.807, 2.05) is 72.9 Å². The molecule has 8 heteroatoms. The summed E-state index contributed by atoms with van der Waals surface area (Å²) in [5.41, 5.74) is 1.36. The molecule has 0 saturated heterocycles. The van der Waals surface area contributed by atoms with Crippen LogP contribution in [0.4, 0.5) is 4.79 Å². The third-order valence-electron chi connectivity index (χ3n) is 5.44. The summed E-state index contributed by atoms with van der Waals surface area (Å²) >= 11 is 1.59. The van der Waals surface area contributed by atoms with Crippen LogP contribution in [0.2, 0.25) is 0 Å². The number of amides is 3. The van der Waals surface area contributed by atoms with Crippen molar-refractivity contribution in [2.75, 3.05) is 12.0 Å². The van der Waals surface area contributed by atoms with E-state index >= 15 is 0 Å². The van der Waals surface area contributed by atoms with Gasteiger partial charge in [-0.2, -0.15) is 11.8 Å². The van der Waals surface area contributed by atoms with Gasteiger partial charge < -0.3 is 20.3 Å². The molecule has 2 N–H and O–H groups in total. The molecule has 0 radical (unpaired) electrons. The number of alkyl carbamates (subject to hydrolysis) is 1. The SMILES string of the molecule is CSCCC(NC(=O)OC(C)(C)C)C(=O)N(C(C(=O)NC(C)C)c1cccc(C)c1C)C(C)(C)C. The van der Waals surface area contributed by atoms with E-state index in [2.05, 4.69) is 10.6 Å². The highest BCUT2D eigenvalue weighted by atomic mass is 32.2. The van der Waals surface area contributed by atoms with E-state index < -0.39 is 29.3 Å². The van der Waals surface area contributed by atoms with Crippen LogP contribution in [-0.4, -0.2) is 58.0 Å². The molecule has 0 bridgehead atoms. The van der Waals surface area contributed by atoms with E-state index in [4.69, 9.17) is 4.74 Å². The molecule has 1 aromatic rings. The van der Waals surface area contributed by atoms with Gasteiger partial charge in [-0.1, -0.05) is 18.2 Å². The van der Waals surface area contributed by atoms with E-state index in [1.165, 1.54) is 0 Å². The molecule has 2 unspecified atom stereocenters. The van der Waals surface area contributed by atoms with Gasteiger partial charge in [-0.3, -0.25) is 9.59 Å². The first-order valence-corrected chi connectivity index (χ1v) is 13.6. The van der Waals surface area contributed by atoms with Crippen LogP contribution in [0.1, 0.15) is 84.5 Å². The maximum Gasteiger partial charge on any atom is 0.408 e. The molecule has 1 rings (SSSR count). The van der Waals surface area contributed by atoms with Crippen molar-refractivity contribution in [3.8, 4) is 0 Å². The third-order valence-corrected chi connectivity index (χ3v) is 6.08. The predicted molar refractivity (Wildman–Crippen MR) is 145 cm³/mol. The number of rotatable bonds is 9. The van der Waals surface area contributed by atoms with Crippen molar-refractivity contribution in [3.05, 3.63) is 34.9 Å². The lowest BCUT2D eigenvalue weighted by Gasteiger charge is -2.43. The maximum atomic E-state index is 14.2. The molecule has 7 nitrogen and oxygen atoms in total. The Hall–Kier alpha value is -2.22. The van der Waals surface area contributed by atoms with Gasteiger partial charge in [-0.05, 0) is 104 Å². The summed E-state index contributed by atoms with van der Waals surface area (Å²) in [5, 5.41) is 5.78. The molecule has 35 heavy (non-hydrogen) atoms. The Kier molecular flexibility index (Phi) is 11.1. The molecule has 0 spiro atoms. The zero-order valence-corrected chi connectivity index (χ0v) is 24.2. The first-order valence-electron chi connectivity index (χ1n) is 12.2. The van der Waals surface area contributed by atoms with Crippen molar-refractivity contribution < 1.29 is 19.1 Å². The summed E-state index contributed by atoms with van der Waals surface area (Å²) < 4.78 is 5.44. The minimum Gasteiger partial charge on any atom is -0.444 e. The number of carbonyl (C=O) groups is 3. The lowest BCUT2D eigenvalue weighted by Crippen LogP contribution is -2.59. The molecule has 3 amide bonds. The summed E-state index contributed by atoms with van der Waals surface area (Å²) in [4.78, 5) is 42.1. The molecule has 1 aromatic carbocycles. The fourth-order valence-electron chi connectivity index (χ4n) is 3.79. The van der Waals surface area contributed by atoms with Gasteiger partial charge in [0.1, 0.15) is 17.7 Å². The zero-order chi connectivity index (χ0) is 27.1. The lowest BCUT2D eigenvalue weighted by molar-refractivity contribution is -0.148. The molecule has 2 atom stereocenters. The van der Waals surface area contributed by atoms with E-state index in [1.54, 1.807) is 37.4 Å². The topological polar surface area (TPSA) is 87.7 Å². The Morgan fingerprint density at radius 1 is 1.03 bits per heavy atom. The molecule has 0 aliphatic heterocycles. The Labute approximate surface area is 216 Å². The Bertz CT molecular complexity index is 887. The molecule has 0 heterocycles. The standard InChI is InChI=1S/C27H45N3O4S/c1-17(2)28-23(31)22(20-14-12-13-18(3)19(20)4)30(26(5,6)7)24(32)21(15-16-35-11)29-25(33)34-27(8,9)10/h12-14,17,21-22H,15-16H2,1-11H3,(H,28,31)(H,29,33). The van der Waals surface area contributed by atoms with Crippen molar-refractivity contribution in [1.29, 1.82) is 0 Å². The van der Waals surface area contributed by atoms with Crippen LogP contribution in [0, 0.1) is 13.8 Å². The quantitative estimate of drug-likeness (QED) is 0.483. The lowest BCUT2D eigenvalue weighted by atomic mass is 9.91. The first kappa shape index (κ1) is 30.8. The number of thioether (sulfide) groups is 1. The van der Waals surface area contributed by atoms with Crippen molar-refractivity contribution in [2.24, 2.45) is 0 Å². The van der Waals surface area contributed by atoms with Crippen LogP contribution in [0.3, 0.4) is 0 Å². The Morgan fingerprint density at radius 3 is 2.11 bits per heavy atom. The summed E-state index contributed by atoms with van der Waals surface area (Å²) in [7, 11) is 0. The maximum absolute atomic E-state index is 14.2. The first-order chi connectivity index (χ1) is 16.0. The second-order valence-electron chi connectivity index (χ2n) is 11.2. The predicted octanol–water partition coefficient (Wildman–Crippen LogP) is 5.14. The average Bonchev–Trinajstić information content (AvgIpc) is 2.68. The summed E-state index contributed by atoms with van der Waals surface area (Å²) in [6, 6.07) is 4.00. The van der Waals surface area contributed by atoms with Gasteiger partial charge in [0.05, 0.1) is 0 Å². The van der Waals surface area contributed by atoms with Crippen LogP contribution in [0.15, 0.2) is 18.2 Å². The number of aryl methyl sites for hydroxylation is 1. The van der Waals surface area contributed by atoms with Crippen molar-refractivity contribution in [1.82, 2.24) is 15.5 Å². The highest BCUT2D eigenvalue weighted by Gasteiger charge is 2.42. The molecule has 0 aliphatic rings.